The highest BCUT2D eigenvalue weighted by atomic mass is 35.5. The topological polar surface area (TPSA) is 84.2 Å². The fourth-order valence-corrected chi connectivity index (χ4v) is 3.06. The summed E-state index contributed by atoms with van der Waals surface area (Å²) in [5.74, 6) is 0.368. The first kappa shape index (κ1) is 15.5. The van der Waals surface area contributed by atoms with Crippen molar-refractivity contribution in [1.82, 2.24) is 25.3 Å². The van der Waals surface area contributed by atoms with Gasteiger partial charge >= 0.3 is 0 Å². The van der Waals surface area contributed by atoms with E-state index in [1.54, 1.807) is 6.20 Å². The molecule has 0 bridgehead atoms. The quantitative estimate of drug-likeness (QED) is 0.893. The van der Waals surface area contributed by atoms with Crippen LogP contribution in [0, 0.1) is 0 Å². The fraction of sp³-hybridized carbons (Fsp3) is 0.500. The summed E-state index contributed by atoms with van der Waals surface area (Å²) in [7, 11) is 0. The molecule has 1 N–H and O–H groups in total. The number of pyridine rings is 1. The van der Waals surface area contributed by atoms with Gasteiger partial charge in [0.25, 0.3) is 11.7 Å². The zero-order valence-electron chi connectivity index (χ0n) is 13.1. The molecule has 2 aromatic rings. The normalized spacial score (nSPS) is 21.1. The lowest BCUT2D eigenvalue weighted by Gasteiger charge is -2.20. The summed E-state index contributed by atoms with van der Waals surface area (Å²) in [6, 6.07) is 4.05. The van der Waals surface area contributed by atoms with E-state index >= 15 is 0 Å². The first-order chi connectivity index (χ1) is 11.7. The number of aromatic nitrogens is 3. The molecule has 8 heteroatoms. The number of halogens is 1. The van der Waals surface area contributed by atoms with Crippen molar-refractivity contribution in [3.8, 4) is 0 Å². The predicted octanol–water partition coefficient (Wildman–Crippen LogP) is 2.35. The van der Waals surface area contributed by atoms with Crippen LogP contribution < -0.4 is 5.32 Å². The van der Waals surface area contributed by atoms with Crippen molar-refractivity contribution >= 4 is 17.5 Å². The molecule has 24 heavy (non-hydrogen) atoms. The smallest absolute Gasteiger partial charge is 0.292 e. The van der Waals surface area contributed by atoms with Crippen LogP contribution in [0.5, 0.6) is 0 Å². The van der Waals surface area contributed by atoms with Crippen LogP contribution in [0.15, 0.2) is 22.9 Å². The van der Waals surface area contributed by atoms with Crippen LogP contribution in [-0.4, -0.2) is 38.5 Å². The lowest BCUT2D eigenvalue weighted by Crippen LogP contribution is -2.27. The van der Waals surface area contributed by atoms with Gasteiger partial charge in [-0.05, 0) is 44.4 Å². The standard InChI is InChI=1S/C16H18ClN5O2/c17-10-3-4-12(18-8-10)9-22-7-1-2-13(22)16-20-14(21-24-16)15(23)19-11-5-6-11/h3-4,8,11,13H,1-2,5-7,9H2,(H,19,23)/t13-/m1/s1. The summed E-state index contributed by atoms with van der Waals surface area (Å²) < 4.78 is 5.35. The van der Waals surface area contributed by atoms with E-state index in [4.69, 9.17) is 16.1 Å². The fourth-order valence-electron chi connectivity index (χ4n) is 2.94. The van der Waals surface area contributed by atoms with E-state index < -0.39 is 0 Å². The Bertz CT molecular complexity index is 728. The molecule has 1 atom stereocenters. The van der Waals surface area contributed by atoms with E-state index in [0.717, 1.165) is 37.9 Å². The van der Waals surface area contributed by atoms with Crippen LogP contribution in [0.2, 0.25) is 5.02 Å². The van der Waals surface area contributed by atoms with Crippen LogP contribution in [0.25, 0.3) is 0 Å². The van der Waals surface area contributed by atoms with Crippen LogP contribution in [-0.2, 0) is 6.54 Å². The molecule has 0 aromatic carbocycles. The molecule has 3 heterocycles. The summed E-state index contributed by atoms with van der Waals surface area (Å²) in [4.78, 5) is 22.9. The molecule has 7 nitrogen and oxygen atoms in total. The SMILES string of the molecule is O=C(NC1CC1)c1noc([C@H]2CCCN2Cc2ccc(Cl)cn2)n1. The summed E-state index contributed by atoms with van der Waals surface area (Å²) in [5.41, 5.74) is 0.942. The van der Waals surface area contributed by atoms with Gasteiger partial charge in [0.1, 0.15) is 0 Å². The summed E-state index contributed by atoms with van der Waals surface area (Å²) in [6.07, 6.45) is 5.68. The Hall–Kier alpha value is -1.99. The Labute approximate surface area is 144 Å². The Morgan fingerprint density at radius 3 is 3.00 bits per heavy atom. The number of rotatable bonds is 5. The molecule has 126 valence electrons. The molecule has 0 radical (unpaired) electrons. The van der Waals surface area contributed by atoms with Crippen molar-refractivity contribution in [2.24, 2.45) is 0 Å². The molecule has 0 unspecified atom stereocenters. The maximum Gasteiger partial charge on any atom is 0.292 e. The maximum atomic E-state index is 12.0. The summed E-state index contributed by atoms with van der Waals surface area (Å²) >= 11 is 5.88. The lowest BCUT2D eigenvalue weighted by molar-refractivity contribution is 0.0937. The third-order valence-electron chi connectivity index (χ3n) is 4.36. The van der Waals surface area contributed by atoms with E-state index in [1.807, 2.05) is 12.1 Å². The Morgan fingerprint density at radius 2 is 2.25 bits per heavy atom. The van der Waals surface area contributed by atoms with Gasteiger partial charge in [-0.3, -0.25) is 14.7 Å². The largest absolute Gasteiger partial charge is 0.346 e. The van der Waals surface area contributed by atoms with Crippen LogP contribution >= 0.6 is 11.6 Å². The zero-order valence-corrected chi connectivity index (χ0v) is 13.9. The number of amides is 1. The van der Waals surface area contributed by atoms with Gasteiger partial charge in [-0.25, -0.2) is 0 Å². The maximum absolute atomic E-state index is 12.0. The molecule has 1 saturated heterocycles. The third kappa shape index (κ3) is 3.42. The highest BCUT2D eigenvalue weighted by molar-refractivity contribution is 6.30. The van der Waals surface area contributed by atoms with Crippen molar-refractivity contribution in [2.75, 3.05) is 6.54 Å². The third-order valence-corrected chi connectivity index (χ3v) is 4.58. The number of hydrogen-bond acceptors (Lipinski definition) is 6. The molecular formula is C16H18ClN5O2. The monoisotopic (exact) mass is 347 g/mol. The number of carbonyl (C=O) groups excluding carboxylic acids is 1. The van der Waals surface area contributed by atoms with Gasteiger partial charge in [0.2, 0.25) is 5.89 Å². The van der Waals surface area contributed by atoms with Crippen molar-refractivity contribution in [1.29, 1.82) is 0 Å². The minimum atomic E-state index is -0.253. The van der Waals surface area contributed by atoms with Crippen molar-refractivity contribution in [3.05, 3.63) is 40.8 Å². The van der Waals surface area contributed by atoms with E-state index in [9.17, 15) is 4.79 Å². The van der Waals surface area contributed by atoms with Gasteiger partial charge in [-0.2, -0.15) is 4.98 Å². The summed E-state index contributed by atoms with van der Waals surface area (Å²) in [6.45, 7) is 1.62. The second-order valence-corrected chi connectivity index (χ2v) is 6.74. The second-order valence-electron chi connectivity index (χ2n) is 6.30. The Morgan fingerprint density at radius 1 is 1.38 bits per heavy atom. The van der Waals surface area contributed by atoms with Crippen LogP contribution in [0.1, 0.15) is 53.9 Å². The molecule has 2 fully saturated rings. The van der Waals surface area contributed by atoms with Gasteiger partial charge < -0.3 is 9.84 Å². The first-order valence-electron chi connectivity index (χ1n) is 8.18. The van der Waals surface area contributed by atoms with E-state index in [2.05, 4.69) is 25.3 Å². The lowest BCUT2D eigenvalue weighted by atomic mass is 10.2. The van der Waals surface area contributed by atoms with Gasteiger partial charge in [0.05, 0.1) is 16.8 Å². The van der Waals surface area contributed by atoms with Gasteiger partial charge in [0.15, 0.2) is 0 Å². The highest BCUT2D eigenvalue weighted by Gasteiger charge is 2.32. The second kappa shape index (κ2) is 6.49. The van der Waals surface area contributed by atoms with Crippen LogP contribution in [0.3, 0.4) is 0 Å². The molecular weight excluding hydrogens is 330 g/mol. The average molecular weight is 348 g/mol. The molecule has 2 aromatic heterocycles. The van der Waals surface area contributed by atoms with Gasteiger partial charge in [-0.15, -0.1) is 0 Å². The number of likely N-dealkylation sites (tertiary alicyclic amines) is 1. The average Bonchev–Trinajstić information content (AvgIpc) is 3.08. The predicted molar refractivity (Wildman–Crippen MR) is 86.4 cm³/mol. The molecule has 1 saturated carbocycles. The molecule has 0 spiro atoms. The summed E-state index contributed by atoms with van der Waals surface area (Å²) in [5, 5.41) is 7.33. The minimum Gasteiger partial charge on any atom is -0.346 e. The van der Waals surface area contributed by atoms with Crippen LogP contribution in [0.4, 0.5) is 0 Å². The Balaban J connectivity index is 1.45. The Kier molecular flexibility index (Phi) is 4.20. The van der Waals surface area contributed by atoms with Crippen molar-refractivity contribution in [2.45, 2.75) is 44.3 Å². The number of hydrogen-bond donors (Lipinski definition) is 1. The number of nitrogens with one attached hydrogen (secondary N) is 1. The molecule has 2 aliphatic rings. The van der Waals surface area contributed by atoms with E-state index in [-0.39, 0.29) is 23.8 Å². The highest BCUT2D eigenvalue weighted by Crippen LogP contribution is 2.32. The van der Waals surface area contributed by atoms with Gasteiger partial charge in [-0.1, -0.05) is 16.8 Å². The minimum absolute atomic E-state index is 0.0254. The van der Waals surface area contributed by atoms with E-state index in [0.29, 0.717) is 17.5 Å². The molecule has 1 amide bonds. The van der Waals surface area contributed by atoms with Gasteiger partial charge in [0, 0.05) is 18.8 Å². The first-order valence-corrected chi connectivity index (χ1v) is 8.56. The number of nitrogens with zero attached hydrogens (tertiary/aromatic N) is 4. The molecule has 4 rings (SSSR count). The molecule has 1 aliphatic heterocycles. The van der Waals surface area contributed by atoms with E-state index in [1.165, 1.54) is 0 Å². The number of carbonyl (C=O) groups is 1. The zero-order chi connectivity index (χ0) is 16.5. The molecule has 1 aliphatic carbocycles. The van der Waals surface area contributed by atoms with Crippen molar-refractivity contribution < 1.29 is 9.32 Å². The van der Waals surface area contributed by atoms with Crippen molar-refractivity contribution in [3.63, 3.8) is 0 Å².